The van der Waals surface area contributed by atoms with Gasteiger partial charge < -0.3 is 10.1 Å². The largest absolute Gasteiger partial charge is 0.393 e. The molecule has 0 amide bonds. The average molecular weight is 138 g/mol. The summed E-state index contributed by atoms with van der Waals surface area (Å²) in [7, 11) is 0. The fourth-order valence-corrected chi connectivity index (χ4v) is 0.435. The van der Waals surface area contributed by atoms with Gasteiger partial charge in [-0.15, -0.1) is 0 Å². The second kappa shape index (κ2) is 2.20. The number of nitrogens with zero attached hydrogens (tertiary/aromatic N) is 3. The molecule has 1 aliphatic rings. The van der Waals surface area contributed by atoms with E-state index in [-0.39, 0.29) is 11.5 Å². The Morgan fingerprint density at radius 2 is 2.40 bits per heavy atom. The van der Waals surface area contributed by atoms with Crippen LogP contribution < -0.4 is 0 Å². The van der Waals surface area contributed by atoms with Crippen LogP contribution in [0.5, 0.6) is 0 Å². The van der Waals surface area contributed by atoms with Crippen LogP contribution in [-0.4, -0.2) is 10.8 Å². The van der Waals surface area contributed by atoms with Crippen molar-refractivity contribution >= 4 is 5.87 Å². The number of hydrogen-bond acceptors (Lipinski definition) is 5. The molecule has 0 spiro atoms. The van der Waals surface area contributed by atoms with E-state index in [1.807, 2.05) is 5.87 Å². The molecule has 0 aromatic heterocycles. The highest BCUT2D eigenvalue weighted by atomic mass is 16.6. The number of allylic oxidation sites excluding steroid dienone is 1. The van der Waals surface area contributed by atoms with Crippen LogP contribution in [0.15, 0.2) is 27.8 Å². The summed E-state index contributed by atoms with van der Waals surface area (Å²) in [6.45, 7) is 0. The maximum absolute atomic E-state index is 9.94. The number of rotatable bonds is 1. The predicted octanol–water partition coefficient (Wildman–Crippen LogP) is 0.703. The van der Waals surface area contributed by atoms with Gasteiger partial charge in [0.15, 0.2) is 5.70 Å². The van der Waals surface area contributed by atoms with E-state index in [1.54, 1.807) is 0 Å². The standard InChI is InChI=1S/C4H2N4O2/c5-2-3-1-4(7-6-3)8(9)10/h1,5H. The van der Waals surface area contributed by atoms with Crippen LogP contribution in [0.3, 0.4) is 0 Å². The first-order valence-corrected chi connectivity index (χ1v) is 2.31. The fraction of sp³-hybridized carbons (Fsp3) is 0. The second-order valence-corrected chi connectivity index (χ2v) is 1.47. The SMILES string of the molecule is N=C=C1C=C([N+](=O)[O-])N=N1. The van der Waals surface area contributed by atoms with Gasteiger partial charge in [0.1, 0.15) is 0 Å². The van der Waals surface area contributed by atoms with Crippen molar-refractivity contribution in [2.24, 2.45) is 10.2 Å². The van der Waals surface area contributed by atoms with Crippen molar-refractivity contribution in [1.82, 2.24) is 0 Å². The van der Waals surface area contributed by atoms with Gasteiger partial charge in [-0.1, -0.05) is 0 Å². The Morgan fingerprint density at radius 1 is 1.70 bits per heavy atom. The summed E-state index contributed by atoms with van der Waals surface area (Å²) in [6.07, 6.45) is 1.08. The van der Waals surface area contributed by atoms with Crippen LogP contribution in [0.4, 0.5) is 0 Å². The quantitative estimate of drug-likeness (QED) is 0.328. The van der Waals surface area contributed by atoms with Gasteiger partial charge >= 0.3 is 5.82 Å². The molecule has 50 valence electrons. The zero-order valence-electron chi connectivity index (χ0n) is 4.74. The Labute approximate surface area is 55.2 Å². The van der Waals surface area contributed by atoms with Crippen LogP contribution in [0.25, 0.3) is 0 Å². The fourth-order valence-electron chi connectivity index (χ4n) is 0.435. The van der Waals surface area contributed by atoms with E-state index in [0.29, 0.717) is 0 Å². The molecule has 1 heterocycles. The van der Waals surface area contributed by atoms with Crippen LogP contribution in [0, 0.1) is 15.5 Å². The average Bonchev–Trinajstić information content (AvgIpc) is 2.34. The number of nitro groups is 1. The summed E-state index contributed by atoms with van der Waals surface area (Å²) in [5, 5.41) is 22.9. The van der Waals surface area contributed by atoms with Crippen LogP contribution >= 0.6 is 0 Å². The molecule has 1 rings (SSSR count). The second-order valence-electron chi connectivity index (χ2n) is 1.47. The molecule has 0 saturated carbocycles. The van der Waals surface area contributed by atoms with E-state index >= 15 is 0 Å². The third kappa shape index (κ3) is 0.958. The van der Waals surface area contributed by atoms with Gasteiger partial charge in [-0.05, 0) is 10.0 Å². The Kier molecular flexibility index (Phi) is 1.39. The molecule has 0 aromatic carbocycles. The first-order valence-electron chi connectivity index (χ1n) is 2.31. The van der Waals surface area contributed by atoms with E-state index in [2.05, 4.69) is 10.2 Å². The molecular weight excluding hydrogens is 136 g/mol. The summed E-state index contributed by atoms with van der Waals surface area (Å²) in [6, 6.07) is 0. The van der Waals surface area contributed by atoms with E-state index in [1.165, 1.54) is 0 Å². The first-order chi connectivity index (χ1) is 4.74. The smallest absolute Gasteiger partial charge is 0.358 e. The van der Waals surface area contributed by atoms with Crippen molar-refractivity contribution in [1.29, 1.82) is 5.41 Å². The molecule has 0 bridgehead atoms. The topological polar surface area (TPSA) is 91.7 Å². The number of hydrogen-bond donors (Lipinski definition) is 1. The van der Waals surface area contributed by atoms with Crippen molar-refractivity contribution in [3.05, 3.63) is 27.7 Å². The zero-order chi connectivity index (χ0) is 7.56. The van der Waals surface area contributed by atoms with Crippen molar-refractivity contribution in [3.63, 3.8) is 0 Å². The lowest BCUT2D eigenvalue weighted by Crippen LogP contribution is -1.91. The summed E-state index contributed by atoms with van der Waals surface area (Å²) < 4.78 is 0. The van der Waals surface area contributed by atoms with Crippen LogP contribution in [-0.2, 0) is 0 Å². The molecule has 0 unspecified atom stereocenters. The lowest BCUT2D eigenvalue weighted by molar-refractivity contribution is -0.426. The Hall–Kier alpha value is -1.81. The Balaban J connectivity index is 2.98. The molecule has 0 aromatic rings. The molecule has 10 heavy (non-hydrogen) atoms. The molecule has 1 aliphatic heterocycles. The molecule has 6 heteroatoms. The van der Waals surface area contributed by atoms with Crippen LogP contribution in [0.2, 0.25) is 0 Å². The van der Waals surface area contributed by atoms with E-state index in [4.69, 9.17) is 5.41 Å². The van der Waals surface area contributed by atoms with Gasteiger partial charge in [0.05, 0.1) is 11.2 Å². The highest BCUT2D eigenvalue weighted by Crippen LogP contribution is 2.12. The van der Waals surface area contributed by atoms with E-state index < -0.39 is 4.92 Å². The van der Waals surface area contributed by atoms with E-state index in [9.17, 15) is 10.1 Å². The van der Waals surface area contributed by atoms with E-state index in [0.717, 1.165) is 6.08 Å². The molecule has 0 aliphatic carbocycles. The normalized spacial score (nSPS) is 14.8. The van der Waals surface area contributed by atoms with Gasteiger partial charge in [0.2, 0.25) is 0 Å². The summed E-state index contributed by atoms with van der Waals surface area (Å²) in [5.41, 5.74) is 0.0756. The van der Waals surface area contributed by atoms with Gasteiger partial charge in [0.25, 0.3) is 0 Å². The molecule has 0 atom stereocenters. The summed E-state index contributed by atoms with van der Waals surface area (Å²) in [5.74, 6) is 1.52. The third-order valence-electron chi connectivity index (χ3n) is 0.841. The molecule has 0 radical (unpaired) electrons. The number of nitrogens with one attached hydrogen (secondary N) is 1. The maximum atomic E-state index is 9.94. The lowest BCUT2D eigenvalue weighted by atomic mass is 10.5. The van der Waals surface area contributed by atoms with Crippen molar-refractivity contribution in [2.75, 3.05) is 0 Å². The minimum absolute atomic E-state index is 0.0756. The minimum atomic E-state index is -0.673. The monoisotopic (exact) mass is 138 g/mol. The Morgan fingerprint density at radius 3 is 2.70 bits per heavy atom. The molecule has 6 nitrogen and oxygen atoms in total. The van der Waals surface area contributed by atoms with Gasteiger partial charge in [-0.2, -0.15) is 0 Å². The first kappa shape index (κ1) is 6.31. The summed E-state index contributed by atoms with van der Waals surface area (Å²) >= 11 is 0. The summed E-state index contributed by atoms with van der Waals surface area (Å²) in [4.78, 5) is 9.27. The maximum Gasteiger partial charge on any atom is 0.393 e. The minimum Gasteiger partial charge on any atom is -0.358 e. The molecule has 0 fully saturated rings. The van der Waals surface area contributed by atoms with Crippen molar-refractivity contribution < 1.29 is 4.92 Å². The van der Waals surface area contributed by atoms with Gasteiger partial charge in [0, 0.05) is 5.87 Å². The molecule has 0 saturated heterocycles. The van der Waals surface area contributed by atoms with Crippen molar-refractivity contribution in [3.8, 4) is 0 Å². The Bertz CT molecular complexity index is 284. The molecular formula is C4H2N4O2. The highest BCUT2D eigenvalue weighted by Gasteiger charge is 2.17. The third-order valence-corrected chi connectivity index (χ3v) is 0.841. The number of azo groups is 1. The lowest BCUT2D eigenvalue weighted by Gasteiger charge is -1.82. The molecule has 1 N–H and O–H groups in total. The van der Waals surface area contributed by atoms with Crippen molar-refractivity contribution in [2.45, 2.75) is 0 Å². The van der Waals surface area contributed by atoms with Gasteiger partial charge in [-0.3, -0.25) is 5.41 Å². The van der Waals surface area contributed by atoms with Crippen LogP contribution in [0.1, 0.15) is 0 Å². The predicted molar refractivity (Wildman–Crippen MR) is 31.2 cm³/mol. The highest BCUT2D eigenvalue weighted by molar-refractivity contribution is 5.59. The zero-order valence-corrected chi connectivity index (χ0v) is 4.74. The van der Waals surface area contributed by atoms with Gasteiger partial charge in [-0.25, -0.2) is 0 Å².